The molecule has 5 aliphatic rings. The Morgan fingerprint density at radius 2 is 1.85 bits per heavy atom. The van der Waals surface area contributed by atoms with Crippen LogP contribution in [-0.2, 0) is 20.7 Å². The van der Waals surface area contributed by atoms with E-state index in [4.69, 9.17) is 4.74 Å². The van der Waals surface area contributed by atoms with Gasteiger partial charge in [-0.25, -0.2) is 10.2 Å². The van der Waals surface area contributed by atoms with Crippen LogP contribution in [0.25, 0.3) is 0 Å². The molecule has 8 atom stereocenters. The van der Waals surface area contributed by atoms with Crippen LogP contribution in [0.1, 0.15) is 76.7 Å². The van der Waals surface area contributed by atoms with Gasteiger partial charge in [0.25, 0.3) is 0 Å². The van der Waals surface area contributed by atoms with E-state index < -0.39 is 22.7 Å². The van der Waals surface area contributed by atoms with Crippen molar-refractivity contribution in [1.82, 2.24) is 5.43 Å². The smallest absolute Gasteiger partial charge is 0.331 e. The van der Waals surface area contributed by atoms with Crippen molar-refractivity contribution in [3.63, 3.8) is 0 Å². The Hall–Kier alpha value is -2.55. The van der Waals surface area contributed by atoms with Crippen LogP contribution in [0, 0.1) is 28.6 Å². The van der Waals surface area contributed by atoms with Crippen LogP contribution in [0.15, 0.2) is 47.1 Å². The highest BCUT2D eigenvalue weighted by Gasteiger charge is 2.71. The maximum Gasteiger partial charge on any atom is 0.331 e. The van der Waals surface area contributed by atoms with E-state index in [0.29, 0.717) is 51.6 Å². The average Bonchev–Trinajstić information content (AvgIpc) is 3.48. The molecule has 1 aliphatic heterocycles. The summed E-state index contributed by atoms with van der Waals surface area (Å²) < 4.78 is 5.24. The van der Waals surface area contributed by atoms with Crippen LogP contribution in [0.3, 0.4) is 0 Å². The molecule has 8 nitrogen and oxygen atoms in total. The molecule has 4 N–H and O–H groups in total. The third-order valence-electron chi connectivity index (χ3n) is 11.6. The van der Waals surface area contributed by atoms with Crippen LogP contribution in [-0.4, -0.2) is 57.3 Å². The quantitative estimate of drug-likeness (QED) is 0.244. The standard InChI is InChI=1S/C32H42N2O6/c1-29-13-10-25-26(32(29,39)16-12-24(29)22-17-28(37)40-19-22)11-15-31(38)18-23(35)9-14-30(25,31)20-33-34-27(36)8-7-21-5-3-2-4-6-21/h2-6,17,20,23-26,35,38-39H,7-16,18-19H2,1H3,(H,34,36)/b33-20-/t23-,24+,25+,26-,29-,30+,31+,32-/m1/s1. The number of nitrogens with zero attached hydrogens (tertiary/aromatic N) is 1. The van der Waals surface area contributed by atoms with Crippen molar-refractivity contribution in [2.24, 2.45) is 33.7 Å². The molecular weight excluding hydrogens is 508 g/mol. The first kappa shape index (κ1) is 27.6. The minimum absolute atomic E-state index is 0.0315. The molecule has 0 saturated heterocycles. The predicted molar refractivity (Wildman–Crippen MR) is 149 cm³/mol. The normalized spacial score (nSPS) is 42.5. The molecule has 6 rings (SSSR count). The predicted octanol–water partition coefficient (Wildman–Crippen LogP) is 3.43. The van der Waals surface area contributed by atoms with E-state index in [0.717, 1.165) is 30.4 Å². The summed E-state index contributed by atoms with van der Waals surface area (Å²) in [5.74, 6) is -0.473. The Labute approximate surface area is 235 Å². The molecule has 4 saturated carbocycles. The molecule has 1 amide bonds. The van der Waals surface area contributed by atoms with Crippen molar-refractivity contribution in [2.75, 3.05) is 6.61 Å². The lowest BCUT2D eigenvalue weighted by Gasteiger charge is -2.65. The Balaban J connectivity index is 1.25. The van der Waals surface area contributed by atoms with Gasteiger partial charge in [-0.1, -0.05) is 37.3 Å². The number of aliphatic hydroxyl groups excluding tert-OH is 1. The fourth-order valence-corrected chi connectivity index (χ4v) is 9.54. The van der Waals surface area contributed by atoms with E-state index in [2.05, 4.69) is 17.5 Å². The number of esters is 1. The molecule has 40 heavy (non-hydrogen) atoms. The summed E-state index contributed by atoms with van der Waals surface area (Å²) in [5, 5.41) is 39.6. The summed E-state index contributed by atoms with van der Waals surface area (Å²) in [6.45, 7) is 2.48. The van der Waals surface area contributed by atoms with Crippen molar-refractivity contribution in [1.29, 1.82) is 0 Å². The van der Waals surface area contributed by atoms with Gasteiger partial charge in [-0.15, -0.1) is 0 Å². The summed E-state index contributed by atoms with van der Waals surface area (Å²) >= 11 is 0. The summed E-state index contributed by atoms with van der Waals surface area (Å²) in [4.78, 5) is 24.5. The first-order chi connectivity index (χ1) is 19.1. The number of aliphatic hydroxyl groups is 3. The summed E-state index contributed by atoms with van der Waals surface area (Å²) in [5.41, 5.74) is 1.55. The third-order valence-corrected chi connectivity index (χ3v) is 11.6. The van der Waals surface area contributed by atoms with E-state index in [-0.39, 0.29) is 41.5 Å². The van der Waals surface area contributed by atoms with E-state index in [1.165, 1.54) is 0 Å². The van der Waals surface area contributed by atoms with Gasteiger partial charge in [0.2, 0.25) is 5.91 Å². The maximum absolute atomic E-state index is 12.7. The minimum Gasteiger partial charge on any atom is -0.458 e. The average molecular weight is 551 g/mol. The van der Waals surface area contributed by atoms with Gasteiger partial charge in [0.05, 0.1) is 17.3 Å². The number of rotatable bonds is 6. The summed E-state index contributed by atoms with van der Waals surface area (Å²) in [7, 11) is 0. The minimum atomic E-state index is -1.15. The van der Waals surface area contributed by atoms with E-state index in [9.17, 15) is 24.9 Å². The molecule has 0 bridgehead atoms. The van der Waals surface area contributed by atoms with Crippen LogP contribution in [0.5, 0.6) is 0 Å². The number of hydrogen-bond acceptors (Lipinski definition) is 7. The molecule has 0 spiro atoms. The molecule has 4 fully saturated rings. The van der Waals surface area contributed by atoms with Crippen LogP contribution < -0.4 is 5.43 Å². The van der Waals surface area contributed by atoms with Crippen molar-refractivity contribution in [3.8, 4) is 0 Å². The highest BCUT2D eigenvalue weighted by atomic mass is 16.5. The first-order valence-electron chi connectivity index (χ1n) is 15.0. The number of amides is 1. The van der Waals surface area contributed by atoms with Crippen molar-refractivity contribution >= 4 is 18.1 Å². The van der Waals surface area contributed by atoms with Gasteiger partial charge in [-0.3, -0.25) is 4.79 Å². The summed E-state index contributed by atoms with van der Waals surface area (Å²) in [6, 6.07) is 9.85. The van der Waals surface area contributed by atoms with Crippen molar-refractivity contribution in [2.45, 2.75) is 94.9 Å². The second-order valence-electron chi connectivity index (χ2n) is 13.3. The Bertz CT molecular complexity index is 1220. The third kappa shape index (κ3) is 4.25. The van der Waals surface area contributed by atoms with Crippen molar-refractivity contribution < 1.29 is 29.6 Å². The van der Waals surface area contributed by atoms with Gasteiger partial charge in [0.15, 0.2) is 0 Å². The molecule has 0 radical (unpaired) electrons. The van der Waals surface area contributed by atoms with Gasteiger partial charge in [0.1, 0.15) is 6.61 Å². The molecule has 216 valence electrons. The highest BCUT2D eigenvalue weighted by molar-refractivity contribution is 5.85. The van der Waals surface area contributed by atoms with Gasteiger partial charge in [-0.05, 0) is 86.7 Å². The number of benzene rings is 1. The largest absolute Gasteiger partial charge is 0.458 e. The number of aryl methyl sites for hydroxylation is 1. The zero-order chi connectivity index (χ0) is 28.2. The van der Waals surface area contributed by atoms with Crippen LogP contribution in [0.2, 0.25) is 0 Å². The fraction of sp³-hybridized carbons (Fsp3) is 0.656. The Kier molecular flexibility index (Phi) is 6.95. The van der Waals surface area contributed by atoms with E-state index in [1.54, 1.807) is 12.3 Å². The van der Waals surface area contributed by atoms with E-state index in [1.807, 2.05) is 30.3 Å². The molecule has 1 heterocycles. The maximum atomic E-state index is 12.7. The number of cyclic esters (lactones) is 1. The molecule has 8 heteroatoms. The molecule has 1 aromatic carbocycles. The van der Waals surface area contributed by atoms with Gasteiger partial charge in [0, 0.05) is 36.0 Å². The molecule has 0 aromatic heterocycles. The Morgan fingerprint density at radius 1 is 1.07 bits per heavy atom. The van der Waals surface area contributed by atoms with Gasteiger partial charge >= 0.3 is 5.97 Å². The molecular formula is C32H42N2O6. The number of fused-ring (bicyclic) bond motifs is 5. The fourth-order valence-electron chi connectivity index (χ4n) is 9.54. The number of ether oxygens (including phenoxy) is 1. The number of carbonyl (C=O) groups is 2. The molecule has 1 aromatic rings. The second kappa shape index (κ2) is 10.1. The monoisotopic (exact) mass is 550 g/mol. The molecule has 4 aliphatic carbocycles. The Morgan fingerprint density at radius 3 is 2.60 bits per heavy atom. The SMILES string of the molecule is C[C@]12CC[C@H]3[C@@H](CC[C@]4(O)C[C@H](O)CC[C@]34/C=N\NC(=O)CCc3ccccc3)[C@]1(O)CC[C@H]2C1=CC(=O)OC1. The lowest BCUT2D eigenvalue weighted by Crippen LogP contribution is -2.68. The number of nitrogens with one attached hydrogen (secondary N) is 1. The van der Waals surface area contributed by atoms with Crippen molar-refractivity contribution in [3.05, 3.63) is 47.5 Å². The van der Waals surface area contributed by atoms with Crippen LogP contribution >= 0.6 is 0 Å². The van der Waals surface area contributed by atoms with Gasteiger partial charge < -0.3 is 20.1 Å². The first-order valence-corrected chi connectivity index (χ1v) is 15.0. The zero-order valence-electron chi connectivity index (χ0n) is 23.3. The number of hydrazone groups is 1. The highest BCUT2D eigenvalue weighted by Crippen LogP contribution is 2.70. The number of carbonyl (C=O) groups excluding carboxylic acids is 2. The van der Waals surface area contributed by atoms with Crippen LogP contribution in [0.4, 0.5) is 0 Å². The number of hydrogen-bond donors (Lipinski definition) is 4. The zero-order valence-corrected chi connectivity index (χ0v) is 23.3. The molecule has 0 unspecified atom stereocenters. The van der Waals surface area contributed by atoms with Gasteiger partial charge in [-0.2, -0.15) is 5.10 Å². The lowest BCUT2D eigenvalue weighted by atomic mass is 9.41. The topological polar surface area (TPSA) is 128 Å². The summed E-state index contributed by atoms with van der Waals surface area (Å²) in [6.07, 6.45) is 9.25. The second-order valence-corrected chi connectivity index (χ2v) is 13.3. The van der Waals surface area contributed by atoms with E-state index >= 15 is 0 Å². The lowest BCUT2D eigenvalue weighted by molar-refractivity contribution is -0.237.